The van der Waals surface area contributed by atoms with Crippen molar-refractivity contribution in [3.63, 3.8) is 0 Å². The van der Waals surface area contributed by atoms with Gasteiger partial charge in [-0.1, -0.05) is 30.3 Å². The number of nitrogens with zero attached hydrogens (tertiary/aromatic N) is 1. The number of nitrogens with one attached hydrogen (secondary N) is 2. The maximum Gasteiger partial charge on any atom is 0.407 e. The second-order valence-corrected chi connectivity index (χ2v) is 11.9. The first-order valence-electron chi connectivity index (χ1n) is 14.4. The third-order valence-electron chi connectivity index (χ3n) is 7.88. The number of hydrogen-bond donors (Lipinski definition) is 2. The van der Waals surface area contributed by atoms with E-state index in [1.165, 1.54) is 7.11 Å². The summed E-state index contributed by atoms with van der Waals surface area (Å²) in [6, 6.07) is 15.7. The van der Waals surface area contributed by atoms with Crippen molar-refractivity contribution in [2.45, 2.75) is 70.4 Å². The van der Waals surface area contributed by atoms with Crippen molar-refractivity contribution in [2.75, 3.05) is 25.5 Å². The van der Waals surface area contributed by atoms with Crippen molar-refractivity contribution >= 4 is 29.6 Å². The van der Waals surface area contributed by atoms with E-state index < -0.39 is 23.7 Å². The van der Waals surface area contributed by atoms with Gasteiger partial charge in [0.05, 0.1) is 12.7 Å². The number of methoxy groups -OCH3 is 1. The standard InChI is InChI=1S/C32H41N3O6/c1-32(2,3)41-31(39)33-20-21-10-12-23(13-11-21)29(37)35-19-18-26(22-8-6-5-7-9-22)27(35)28(36)34-25-16-14-24(15-17-25)30(38)40-4/h5-9,14-17,21,23,26-27H,10-13,18-20H2,1-4H3,(H,33,39)(H,34,36)/t21-,23-,26-,27+/m0/s1. The molecule has 2 aromatic rings. The number of benzene rings is 2. The monoisotopic (exact) mass is 563 g/mol. The first kappa shape index (κ1) is 30.1. The summed E-state index contributed by atoms with van der Waals surface area (Å²) in [6.07, 6.45) is 3.36. The van der Waals surface area contributed by atoms with Gasteiger partial charge in [-0.25, -0.2) is 9.59 Å². The Morgan fingerprint density at radius 2 is 1.56 bits per heavy atom. The quantitative estimate of drug-likeness (QED) is 0.452. The van der Waals surface area contributed by atoms with E-state index >= 15 is 0 Å². The minimum absolute atomic E-state index is 0.0168. The minimum Gasteiger partial charge on any atom is -0.465 e. The lowest BCUT2D eigenvalue weighted by Crippen LogP contribution is -2.48. The predicted molar refractivity (Wildman–Crippen MR) is 155 cm³/mol. The lowest BCUT2D eigenvalue weighted by molar-refractivity contribution is -0.141. The van der Waals surface area contributed by atoms with E-state index in [0.717, 1.165) is 31.2 Å². The van der Waals surface area contributed by atoms with E-state index in [1.807, 2.05) is 51.1 Å². The van der Waals surface area contributed by atoms with E-state index in [1.54, 1.807) is 29.2 Å². The number of carbonyl (C=O) groups excluding carboxylic acids is 4. The van der Waals surface area contributed by atoms with Gasteiger partial charge in [0.1, 0.15) is 11.6 Å². The summed E-state index contributed by atoms with van der Waals surface area (Å²) >= 11 is 0. The van der Waals surface area contributed by atoms with Crippen LogP contribution in [0.4, 0.5) is 10.5 Å². The maximum absolute atomic E-state index is 13.8. The Balaban J connectivity index is 1.41. The first-order chi connectivity index (χ1) is 19.6. The van der Waals surface area contributed by atoms with Crippen molar-refractivity contribution in [1.82, 2.24) is 10.2 Å². The molecule has 1 aliphatic carbocycles. The molecule has 0 spiro atoms. The Morgan fingerprint density at radius 3 is 2.17 bits per heavy atom. The number of alkyl carbamates (subject to hydrolysis) is 1. The van der Waals surface area contributed by atoms with Gasteiger partial charge in [0.15, 0.2) is 0 Å². The summed E-state index contributed by atoms with van der Waals surface area (Å²) in [7, 11) is 1.32. The molecule has 0 radical (unpaired) electrons. The average Bonchev–Trinajstić information content (AvgIpc) is 3.41. The highest BCUT2D eigenvalue weighted by Crippen LogP contribution is 2.38. The fourth-order valence-electron chi connectivity index (χ4n) is 5.83. The molecule has 41 heavy (non-hydrogen) atoms. The molecule has 3 amide bonds. The molecule has 1 aliphatic heterocycles. The molecule has 0 aromatic heterocycles. The second kappa shape index (κ2) is 13.2. The smallest absolute Gasteiger partial charge is 0.407 e. The summed E-state index contributed by atoms with van der Waals surface area (Å²) in [5, 5.41) is 5.82. The van der Waals surface area contributed by atoms with Crippen LogP contribution in [0.1, 0.15) is 74.7 Å². The van der Waals surface area contributed by atoms with Crippen LogP contribution in [0.2, 0.25) is 0 Å². The van der Waals surface area contributed by atoms with E-state index in [9.17, 15) is 19.2 Å². The van der Waals surface area contributed by atoms with Gasteiger partial charge in [0, 0.05) is 30.6 Å². The lowest BCUT2D eigenvalue weighted by Gasteiger charge is -2.34. The Morgan fingerprint density at radius 1 is 0.902 bits per heavy atom. The molecule has 220 valence electrons. The molecule has 1 heterocycles. The maximum atomic E-state index is 13.8. The highest BCUT2D eigenvalue weighted by atomic mass is 16.6. The molecule has 4 rings (SSSR count). The summed E-state index contributed by atoms with van der Waals surface area (Å²) in [4.78, 5) is 53.1. The zero-order valence-electron chi connectivity index (χ0n) is 24.4. The highest BCUT2D eigenvalue weighted by Gasteiger charge is 2.44. The molecule has 0 unspecified atom stereocenters. The topological polar surface area (TPSA) is 114 Å². The molecule has 2 N–H and O–H groups in total. The summed E-state index contributed by atoms with van der Waals surface area (Å²) in [5.41, 5.74) is 1.42. The van der Waals surface area contributed by atoms with Crippen LogP contribution in [-0.4, -0.2) is 60.6 Å². The van der Waals surface area contributed by atoms with Crippen LogP contribution in [0, 0.1) is 11.8 Å². The number of anilines is 1. The van der Waals surface area contributed by atoms with Crippen LogP contribution in [0.5, 0.6) is 0 Å². The summed E-state index contributed by atoms with van der Waals surface area (Å²) in [5.74, 6) is -0.668. The Kier molecular flexibility index (Phi) is 9.68. The van der Waals surface area contributed by atoms with E-state index in [2.05, 4.69) is 10.6 Å². The van der Waals surface area contributed by atoms with Crippen LogP contribution in [-0.2, 0) is 19.1 Å². The van der Waals surface area contributed by atoms with Crippen molar-refractivity contribution < 1.29 is 28.7 Å². The van der Waals surface area contributed by atoms with Gasteiger partial charge in [-0.3, -0.25) is 9.59 Å². The highest BCUT2D eigenvalue weighted by molar-refractivity contribution is 5.99. The van der Waals surface area contributed by atoms with Gasteiger partial charge < -0.3 is 25.0 Å². The van der Waals surface area contributed by atoms with Crippen molar-refractivity contribution in [3.8, 4) is 0 Å². The number of amides is 3. The third kappa shape index (κ3) is 7.86. The van der Waals surface area contributed by atoms with E-state index in [0.29, 0.717) is 30.8 Å². The first-order valence-corrected chi connectivity index (χ1v) is 14.4. The SMILES string of the molecule is COC(=O)c1ccc(NC(=O)[C@H]2[C@H](c3ccccc3)CCN2C(=O)[C@H]2CC[C@H](CNC(=O)OC(C)(C)C)CC2)cc1. The molecule has 1 saturated heterocycles. The number of ether oxygens (including phenoxy) is 2. The zero-order chi connectivity index (χ0) is 29.6. The molecule has 9 nitrogen and oxygen atoms in total. The minimum atomic E-state index is -0.642. The van der Waals surface area contributed by atoms with E-state index in [-0.39, 0.29) is 29.6 Å². The molecule has 2 atom stereocenters. The molecular weight excluding hydrogens is 522 g/mol. The molecule has 2 aliphatic rings. The van der Waals surface area contributed by atoms with Gasteiger partial charge in [-0.15, -0.1) is 0 Å². The normalized spacial score (nSPS) is 22.5. The van der Waals surface area contributed by atoms with Gasteiger partial charge in [0.2, 0.25) is 11.8 Å². The largest absolute Gasteiger partial charge is 0.465 e. The molecule has 0 bridgehead atoms. The predicted octanol–water partition coefficient (Wildman–Crippen LogP) is 5.13. The van der Waals surface area contributed by atoms with Crippen LogP contribution in [0.25, 0.3) is 0 Å². The summed E-state index contributed by atoms with van der Waals surface area (Å²) in [6.45, 7) is 6.53. The fraction of sp³-hybridized carbons (Fsp3) is 0.500. The van der Waals surface area contributed by atoms with Crippen molar-refractivity contribution in [3.05, 3.63) is 65.7 Å². The molecule has 2 fully saturated rings. The summed E-state index contributed by atoms with van der Waals surface area (Å²) < 4.78 is 10.1. The number of likely N-dealkylation sites (tertiary alicyclic amines) is 1. The fourth-order valence-corrected chi connectivity index (χ4v) is 5.83. The average molecular weight is 564 g/mol. The number of hydrogen-bond acceptors (Lipinski definition) is 6. The molecule has 9 heteroatoms. The second-order valence-electron chi connectivity index (χ2n) is 11.9. The third-order valence-corrected chi connectivity index (χ3v) is 7.88. The Bertz CT molecular complexity index is 1220. The van der Waals surface area contributed by atoms with Crippen LogP contribution < -0.4 is 10.6 Å². The van der Waals surface area contributed by atoms with Crippen LogP contribution >= 0.6 is 0 Å². The number of rotatable bonds is 7. The van der Waals surface area contributed by atoms with Gasteiger partial charge in [-0.05, 0) is 88.6 Å². The number of carbonyl (C=O) groups is 4. The van der Waals surface area contributed by atoms with Gasteiger partial charge >= 0.3 is 12.1 Å². The van der Waals surface area contributed by atoms with Crippen molar-refractivity contribution in [2.24, 2.45) is 11.8 Å². The van der Waals surface area contributed by atoms with E-state index in [4.69, 9.17) is 9.47 Å². The Labute approximate surface area is 242 Å². The molecule has 2 aromatic carbocycles. The molecule has 1 saturated carbocycles. The molecular formula is C32H41N3O6. The number of esters is 1. The van der Waals surface area contributed by atoms with Gasteiger partial charge in [0.25, 0.3) is 0 Å². The van der Waals surface area contributed by atoms with Crippen LogP contribution in [0.3, 0.4) is 0 Å². The zero-order valence-corrected chi connectivity index (χ0v) is 24.4. The van der Waals surface area contributed by atoms with Crippen LogP contribution in [0.15, 0.2) is 54.6 Å². The van der Waals surface area contributed by atoms with Crippen molar-refractivity contribution in [1.29, 1.82) is 0 Å². The Hall–Kier alpha value is -3.88. The van der Waals surface area contributed by atoms with Gasteiger partial charge in [-0.2, -0.15) is 0 Å². The lowest BCUT2D eigenvalue weighted by atomic mass is 9.81.